The van der Waals surface area contributed by atoms with Crippen LogP contribution in [0.25, 0.3) is 44.2 Å². The van der Waals surface area contributed by atoms with Crippen molar-refractivity contribution in [1.82, 2.24) is 15.0 Å². The van der Waals surface area contributed by atoms with Gasteiger partial charge in [0.1, 0.15) is 17.2 Å². The number of primary amides is 1. The number of nitrogens with one attached hydrogen (secondary N) is 3. The van der Waals surface area contributed by atoms with E-state index in [9.17, 15) is 19.1 Å². The van der Waals surface area contributed by atoms with Gasteiger partial charge in [0.2, 0.25) is 0 Å². The van der Waals surface area contributed by atoms with E-state index in [-0.39, 0.29) is 17.3 Å². The van der Waals surface area contributed by atoms with Gasteiger partial charge < -0.3 is 25.8 Å². The maximum Gasteiger partial charge on any atom is 0.352 e. The average molecular weight is 444 g/mol. The largest absolute Gasteiger partial charge is 0.477 e. The summed E-state index contributed by atoms with van der Waals surface area (Å²) in [7, 11) is 0. The van der Waals surface area contributed by atoms with Gasteiger partial charge in [0, 0.05) is 39.1 Å². The number of nitrogens with two attached hydrogens (primary N) is 1. The Bertz CT molecular complexity index is 1570. The normalized spacial score (nSPS) is 11.6. The van der Waals surface area contributed by atoms with E-state index in [4.69, 9.17) is 5.73 Å². The molecule has 166 valence electrons. The summed E-state index contributed by atoms with van der Waals surface area (Å²) in [6.07, 6.45) is 1.73. The first kappa shape index (κ1) is 20.6. The van der Waals surface area contributed by atoms with Gasteiger partial charge in [-0.15, -0.1) is 0 Å². The lowest BCUT2D eigenvalue weighted by molar-refractivity contribution is 0.0691. The molecule has 0 radical (unpaired) electrons. The molecule has 7 nitrogen and oxygen atoms in total. The van der Waals surface area contributed by atoms with Crippen LogP contribution >= 0.6 is 0 Å². The van der Waals surface area contributed by atoms with Crippen molar-refractivity contribution in [3.63, 3.8) is 0 Å². The highest BCUT2D eigenvalue weighted by Gasteiger charge is 2.27. The SMILES string of the molecule is CC(C)c1c(-c2cc(F)cc3[nH]ccc23)[nH]c(C(N)=O)c1-c1cccc2[nH]c(C(=O)O)cc12. The second-order valence-electron chi connectivity index (χ2n) is 8.33. The topological polar surface area (TPSA) is 128 Å². The Morgan fingerprint density at radius 3 is 2.48 bits per heavy atom. The number of rotatable bonds is 5. The van der Waals surface area contributed by atoms with Crippen LogP contribution in [-0.2, 0) is 0 Å². The first-order valence-corrected chi connectivity index (χ1v) is 10.4. The number of carboxylic acids is 1. The lowest BCUT2D eigenvalue weighted by Crippen LogP contribution is -2.13. The van der Waals surface area contributed by atoms with Crippen molar-refractivity contribution in [2.24, 2.45) is 5.73 Å². The highest BCUT2D eigenvalue weighted by Crippen LogP contribution is 2.44. The van der Waals surface area contributed by atoms with Crippen molar-refractivity contribution in [3.8, 4) is 22.4 Å². The molecule has 3 heterocycles. The molecule has 0 spiro atoms. The Morgan fingerprint density at radius 2 is 1.79 bits per heavy atom. The Balaban J connectivity index is 1.89. The maximum absolute atomic E-state index is 14.5. The van der Waals surface area contributed by atoms with Crippen molar-refractivity contribution >= 4 is 33.7 Å². The van der Waals surface area contributed by atoms with Gasteiger partial charge in [-0.2, -0.15) is 0 Å². The molecule has 5 aromatic rings. The van der Waals surface area contributed by atoms with Crippen LogP contribution < -0.4 is 5.73 Å². The van der Waals surface area contributed by atoms with E-state index in [1.165, 1.54) is 12.1 Å². The first-order valence-electron chi connectivity index (χ1n) is 10.4. The first-order chi connectivity index (χ1) is 15.8. The molecule has 1 amide bonds. The van der Waals surface area contributed by atoms with Crippen LogP contribution in [0.2, 0.25) is 0 Å². The van der Waals surface area contributed by atoms with E-state index in [0.717, 1.165) is 10.9 Å². The third kappa shape index (κ3) is 3.18. The van der Waals surface area contributed by atoms with Crippen LogP contribution in [0.5, 0.6) is 0 Å². The predicted molar refractivity (Wildman–Crippen MR) is 125 cm³/mol. The Labute approximate surface area is 187 Å². The lowest BCUT2D eigenvalue weighted by Gasteiger charge is -2.13. The molecular formula is C25H21FN4O3. The fraction of sp³-hybridized carbons (Fsp3) is 0.120. The third-order valence-electron chi connectivity index (χ3n) is 5.93. The summed E-state index contributed by atoms with van der Waals surface area (Å²) in [6, 6.07) is 11.6. The maximum atomic E-state index is 14.5. The summed E-state index contributed by atoms with van der Waals surface area (Å²) >= 11 is 0. The fourth-order valence-electron chi connectivity index (χ4n) is 4.60. The van der Waals surface area contributed by atoms with E-state index in [2.05, 4.69) is 15.0 Å². The molecule has 0 unspecified atom stereocenters. The number of aromatic amines is 3. The molecule has 0 saturated carbocycles. The molecule has 3 aromatic heterocycles. The van der Waals surface area contributed by atoms with Gasteiger partial charge in [0.05, 0.1) is 5.69 Å². The molecule has 6 N–H and O–H groups in total. The van der Waals surface area contributed by atoms with Crippen LogP contribution in [-0.4, -0.2) is 31.9 Å². The molecule has 0 aliphatic carbocycles. The molecule has 33 heavy (non-hydrogen) atoms. The van der Waals surface area contributed by atoms with Crippen LogP contribution in [0.1, 0.15) is 46.3 Å². The van der Waals surface area contributed by atoms with Gasteiger partial charge in [0.15, 0.2) is 0 Å². The van der Waals surface area contributed by atoms with Gasteiger partial charge in [-0.05, 0) is 47.4 Å². The standard InChI is InChI=1S/C25H21FN4O3/c1-11(2)20-21(14-4-3-5-17-15(14)10-19(29-17)25(32)33)23(24(27)31)30-22(20)16-8-12(26)9-18-13(16)6-7-28-18/h3-11,28-30H,1-2H3,(H2,27,31)(H,32,33). The minimum atomic E-state index is -1.08. The lowest BCUT2D eigenvalue weighted by atomic mass is 9.89. The van der Waals surface area contributed by atoms with Gasteiger partial charge >= 0.3 is 5.97 Å². The molecule has 0 aliphatic rings. The number of hydrogen-bond donors (Lipinski definition) is 5. The zero-order valence-electron chi connectivity index (χ0n) is 17.9. The van der Waals surface area contributed by atoms with E-state index in [0.29, 0.717) is 38.8 Å². The number of amides is 1. The summed E-state index contributed by atoms with van der Waals surface area (Å²) < 4.78 is 14.5. The molecule has 0 saturated heterocycles. The fourth-order valence-corrected chi connectivity index (χ4v) is 4.60. The summed E-state index contributed by atoms with van der Waals surface area (Å²) in [4.78, 5) is 33.2. The number of aromatic carboxylic acids is 1. The predicted octanol–water partition coefficient (Wildman–Crippen LogP) is 5.37. The third-order valence-corrected chi connectivity index (χ3v) is 5.93. The molecule has 5 rings (SSSR count). The van der Waals surface area contributed by atoms with Gasteiger partial charge in [-0.3, -0.25) is 4.79 Å². The second-order valence-corrected chi connectivity index (χ2v) is 8.33. The molecule has 0 bridgehead atoms. The van der Waals surface area contributed by atoms with Crippen LogP contribution in [0.15, 0.2) is 48.7 Å². The van der Waals surface area contributed by atoms with Gasteiger partial charge in [-0.1, -0.05) is 26.0 Å². The number of carbonyl (C=O) groups is 2. The van der Waals surface area contributed by atoms with Crippen molar-refractivity contribution in [1.29, 1.82) is 0 Å². The Hall–Kier alpha value is -4.33. The van der Waals surface area contributed by atoms with Crippen LogP contribution in [0, 0.1) is 5.82 Å². The Kier molecular flexibility index (Phi) is 4.59. The van der Waals surface area contributed by atoms with Crippen LogP contribution in [0.4, 0.5) is 4.39 Å². The number of aromatic nitrogens is 3. The molecular weight excluding hydrogens is 423 g/mol. The molecule has 0 fully saturated rings. The van der Waals surface area contributed by atoms with E-state index < -0.39 is 17.7 Å². The minimum Gasteiger partial charge on any atom is -0.477 e. The number of halogens is 1. The zero-order chi connectivity index (χ0) is 23.4. The smallest absolute Gasteiger partial charge is 0.352 e. The van der Waals surface area contributed by atoms with E-state index in [1.54, 1.807) is 24.4 Å². The number of carboxylic acid groups (broad SMARTS) is 1. The van der Waals surface area contributed by atoms with Crippen molar-refractivity contribution in [2.75, 3.05) is 0 Å². The summed E-state index contributed by atoms with van der Waals surface area (Å²) in [6.45, 7) is 3.96. The van der Waals surface area contributed by atoms with Crippen LogP contribution in [0.3, 0.4) is 0 Å². The van der Waals surface area contributed by atoms with Gasteiger partial charge in [-0.25, -0.2) is 9.18 Å². The highest BCUT2D eigenvalue weighted by molar-refractivity contribution is 6.09. The quantitative estimate of drug-likeness (QED) is 0.250. The van der Waals surface area contributed by atoms with Crippen molar-refractivity contribution < 1.29 is 19.1 Å². The summed E-state index contributed by atoms with van der Waals surface area (Å²) in [5.74, 6) is -2.22. The molecule has 0 atom stereocenters. The van der Waals surface area contributed by atoms with E-state index in [1.807, 2.05) is 26.0 Å². The number of H-pyrrole nitrogens is 3. The Morgan fingerprint density at radius 1 is 1.00 bits per heavy atom. The summed E-state index contributed by atoms with van der Waals surface area (Å²) in [5.41, 5.74) is 10.5. The minimum absolute atomic E-state index is 0.0408. The molecule has 2 aromatic carbocycles. The summed E-state index contributed by atoms with van der Waals surface area (Å²) in [5, 5.41) is 10.9. The number of carbonyl (C=O) groups excluding carboxylic acids is 1. The number of fused-ring (bicyclic) bond motifs is 2. The zero-order valence-corrected chi connectivity index (χ0v) is 17.9. The average Bonchev–Trinajstić information content (AvgIpc) is 3.48. The second kappa shape index (κ2) is 7.37. The van der Waals surface area contributed by atoms with E-state index >= 15 is 0 Å². The molecule has 0 aliphatic heterocycles. The van der Waals surface area contributed by atoms with Crippen molar-refractivity contribution in [3.05, 3.63) is 71.4 Å². The number of hydrogen-bond acceptors (Lipinski definition) is 2. The van der Waals surface area contributed by atoms with Crippen molar-refractivity contribution in [2.45, 2.75) is 19.8 Å². The molecule has 8 heteroatoms. The number of benzene rings is 2. The monoisotopic (exact) mass is 444 g/mol. The van der Waals surface area contributed by atoms with Gasteiger partial charge in [0.25, 0.3) is 5.91 Å². The highest BCUT2D eigenvalue weighted by atomic mass is 19.1.